The van der Waals surface area contributed by atoms with Crippen LogP contribution in [0.25, 0.3) is 16.7 Å². The molecule has 4 rings (SSSR count). The maximum absolute atomic E-state index is 11.4. The lowest BCUT2D eigenvalue weighted by Crippen LogP contribution is -2.46. The quantitative estimate of drug-likeness (QED) is 0.648. The van der Waals surface area contributed by atoms with Gasteiger partial charge in [0.2, 0.25) is 0 Å². The van der Waals surface area contributed by atoms with E-state index in [2.05, 4.69) is 45.6 Å². The third-order valence-corrected chi connectivity index (χ3v) is 5.77. The Morgan fingerprint density at radius 2 is 1.87 bits per heavy atom. The van der Waals surface area contributed by atoms with Crippen LogP contribution in [0.2, 0.25) is 0 Å². The molecule has 2 heterocycles. The zero-order chi connectivity index (χ0) is 21.1. The number of aromatic carboxylic acids is 1. The third-order valence-electron chi connectivity index (χ3n) is 5.77. The number of anilines is 1. The first-order valence-corrected chi connectivity index (χ1v) is 10.4. The lowest BCUT2D eigenvalue weighted by molar-refractivity contribution is 0.0697. The van der Waals surface area contributed by atoms with E-state index in [-0.39, 0.29) is 5.56 Å². The Morgan fingerprint density at radius 1 is 1.10 bits per heavy atom. The van der Waals surface area contributed by atoms with Crippen LogP contribution in [-0.4, -0.2) is 72.0 Å². The number of carboxylic acid groups (broad SMARTS) is 1. The molecule has 2 aromatic carbocycles. The fourth-order valence-electron chi connectivity index (χ4n) is 4.06. The van der Waals surface area contributed by atoms with Gasteiger partial charge in [-0.2, -0.15) is 0 Å². The molecule has 0 radical (unpaired) electrons. The van der Waals surface area contributed by atoms with Crippen molar-refractivity contribution in [3.05, 3.63) is 53.9 Å². The van der Waals surface area contributed by atoms with Crippen LogP contribution in [0.5, 0.6) is 0 Å². The molecule has 30 heavy (non-hydrogen) atoms. The molecule has 7 heteroatoms. The second-order valence-electron chi connectivity index (χ2n) is 7.56. The van der Waals surface area contributed by atoms with Crippen molar-refractivity contribution in [3.8, 4) is 5.69 Å². The molecule has 1 aromatic heterocycles. The number of carbonyl (C=O) groups is 1. The highest BCUT2D eigenvalue weighted by atomic mass is 16.5. The molecule has 1 fully saturated rings. The van der Waals surface area contributed by atoms with Gasteiger partial charge in [-0.05, 0) is 42.9 Å². The molecular weight excluding hydrogens is 380 g/mol. The summed E-state index contributed by atoms with van der Waals surface area (Å²) in [7, 11) is 1.67. The molecule has 0 unspecified atom stereocenters. The van der Waals surface area contributed by atoms with Gasteiger partial charge < -0.3 is 19.6 Å². The van der Waals surface area contributed by atoms with E-state index in [1.165, 1.54) is 5.69 Å². The van der Waals surface area contributed by atoms with Crippen molar-refractivity contribution < 1.29 is 14.6 Å². The first-order chi connectivity index (χ1) is 14.6. The lowest BCUT2D eigenvalue weighted by atomic mass is 10.2. The fourth-order valence-corrected chi connectivity index (χ4v) is 4.06. The van der Waals surface area contributed by atoms with E-state index in [4.69, 9.17) is 9.72 Å². The van der Waals surface area contributed by atoms with Crippen LogP contribution in [-0.2, 0) is 11.2 Å². The second-order valence-corrected chi connectivity index (χ2v) is 7.56. The van der Waals surface area contributed by atoms with E-state index in [1.807, 2.05) is 6.07 Å². The number of benzene rings is 2. The number of piperazine rings is 1. The minimum Gasteiger partial charge on any atom is -0.478 e. The predicted octanol–water partition coefficient (Wildman–Crippen LogP) is 3.05. The molecule has 0 spiro atoms. The highest BCUT2D eigenvalue weighted by molar-refractivity contribution is 5.93. The van der Waals surface area contributed by atoms with Crippen LogP contribution in [0.15, 0.2) is 42.5 Å². The molecule has 0 bridgehead atoms. The van der Waals surface area contributed by atoms with Gasteiger partial charge in [0.15, 0.2) is 0 Å². The van der Waals surface area contributed by atoms with E-state index in [0.717, 1.165) is 49.8 Å². The highest BCUT2D eigenvalue weighted by Gasteiger charge is 2.18. The number of ether oxygens (including phenoxy) is 1. The summed E-state index contributed by atoms with van der Waals surface area (Å²) >= 11 is 0. The van der Waals surface area contributed by atoms with Gasteiger partial charge >= 0.3 is 5.97 Å². The molecule has 3 aromatic rings. The minimum absolute atomic E-state index is 0.244. The molecule has 0 saturated carbocycles. The summed E-state index contributed by atoms with van der Waals surface area (Å²) in [6.07, 6.45) is 0.646. The minimum atomic E-state index is -0.946. The van der Waals surface area contributed by atoms with E-state index in [0.29, 0.717) is 18.5 Å². The largest absolute Gasteiger partial charge is 0.478 e. The van der Waals surface area contributed by atoms with Crippen molar-refractivity contribution in [3.63, 3.8) is 0 Å². The van der Waals surface area contributed by atoms with Gasteiger partial charge in [-0.1, -0.05) is 13.0 Å². The summed E-state index contributed by atoms with van der Waals surface area (Å²) in [4.78, 5) is 21.0. The van der Waals surface area contributed by atoms with Crippen molar-refractivity contribution in [1.82, 2.24) is 14.5 Å². The third kappa shape index (κ3) is 4.04. The molecule has 0 aliphatic carbocycles. The van der Waals surface area contributed by atoms with Crippen LogP contribution >= 0.6 is 0 Å². The van der Waals surface area contributed by atoms with Gasteiger partial charge in [-0.25, -0.2) is 9.78 Å². The molecule has 0 amide bonds. The van der Waals surface area contributed by atoms with Crippen molar-refractivity contribution in [1.29, 1.82) is 0 Å². The average Bonchev–Trinajstić information content (AvgIpc) is 3.15. The first-order valence-electron chi connectivity index (χ1n) is 10.4. The number of nitrogens with zero attached hydrogens (tertiary/aromatic N) is 4. The molecule has 1 aliphatic heterocycles. The summed E-state index contributed by atoms with van der Waals surface area (Å²) in [6.45, 7) is 8.03. The van der Waals surface area contributed by atoms with Gasteiger partial charge in [0, 0.05) is 51.1 Å². The Morgan fingerprint density at radius 3 is 2.57 bits per heavy atom. The summed E-state index contributed by atoms with van der Waals surface area (Å²) in [5.41, 5.74) is 4.06. The number of hydrogen-bond acceptors (Lipinski definition) is 5. The van der Waals surface area contributed by atoms with Gasteiger partial charge in [-0.15, -0.1) is 0 Å². The summed E-state index contributed by atoms with van der Waals surface area (Å²) in [5, 5.41) is 9.33. The number of aromatic nitrogens is 2. The lowest BCUT2D eigenvalue weighted by Gasteiger charge is -2.35. The molecule has 1 aliphatic rings. The Balaban J connectivity index is 1.73. The van der Waals surface area contributed by atoms with Crippen LogP contribution in [0.1, 0.15) is 23.1 Å². The van der Waals surface area contributed by atoms with Gasteiger partial charge in [-0.3, -0.25) is 4.57 Å². The predicted molar refractivity (Wildman–Crippen MR) is 118 cm³/mol. The van der Waals surface area contributed by atoms with Gasteiger partial charge in [0.1, 0.15) is 5.82 Å². The van der Waals surface area contributed by atoms with Crippen LogP contribution < -0.4 is 4.90 Å². The number of carboxylic acids is 1. The summed E-state index contributed by atoms with van der Waals surface area (Å²) < 4.78 is 7.39. The molecule has 158 valence electrons. The van der Waals surface area contributed by atoms with E-state index in [1.54, 1.807) is 19.2 Å². The summed E-state index contributed by atoms with van der Waals surface area (Å²) in [5.74, 6) is -0.0829. The van der Waals surface area contributed by atoms with Crippen molar-refractivity contribution in [2.24, 2.45) is 0 Å². The second kappa shape index (κ2) is 8.85. The molecule has 7 nitrogen and oxygen atoms in total. The van der Waals surface area contributed by atoms with E-state index >= 15 is 0 Å². The first kappa shape index (κ1) is 20.4. The normalized spacial score (nSPS) is 15.1. The fraction of sp³-hybridized carbons (Fsp3) is 0.391. The number of rotatable bonds is 7. The number of hydrogen-bond donors (Lipinski definition) is 1. The zero-order valence-corrected chi connectivity index (χ0v) is 17.5. The van der Waals surface area contributed by atoms with Gasteiger partial charge in [0.25, 0.3) is 0 Å². The SMILES string of the molecule is CCN1CCN(c2cccc(-n3c(CCOC)nc4cc(C(=O)O)ccc43)c2)CC1. The van der Waals surface area contributed by atoms with Gasteiger partial charge in [0.05, 0.1) is 23.2 Å². The molecule has 1 saturated heterocycles. The molecule has 1 N–H and O–H groups in total. The number of fused-ring (bicyclic) bond motifs is 1. The smallest absolute Gasteiger partial charge is 0.335 e. The standard InChI is InChI=1S/C23H28N4O3/c1-3-25-10-12-26(13-11-25)18-5-4-6-19(16-18)27-21-8-7-17(23(28)29)15-20(21)24-22(27)9-14-30-2/h4-8,15-16H,3,9-14H2,1-2H3,(H,28,29). The molecular formula is C23H28N4O3. The van der Waals surface area contributed by atoms with Crippen molar-refractivity contribution in [2.75, 3.05) is 51.3 Å². The Bertz CT molecular complexity index is 1040. The van der Waals surface area contributed by atoms with Crippen molar-refractivity contribution in [2.45, 2.75) is 13.3 Å². The van der Waals surface area contributed by atoms with Crippen molar-refractivity contribution >= 4 is 22.7 Å². The number of methoxy groups -OCH3 is 1. The van der Waals surface area contributed by atoms with Crippen LogP contribution in [0.4, 0.5) is 5.69 Å². The number of likely N-dealkylation sites (N-methyl/N-ethyl adjacent to an activating group) is 1. The maximum atomic E-state index is 11.4. The maximum Gasteiger partial charge on any atom is 0.335 e. The Hall–Kier alpha value is -2.90. The monoisotopic (exact) mass is 408 g/mol. The Labute approximate surface area is 176 Å². The topological polar surface area (TPSA) is 70.8 Å². The number of imidazole rings is 1. The summed E-state index contributed by atoms with van der Waals surface area (Å²) in [6, 6.07) is 13.6. The van der Waals surface area contributed by atoms with Crippen LogP contribution in [0.3, 0.4) is 0 Å². The average molecular weight is 409 g/mol. The Kier molecular flexibility index (Phi) is 6.01. The van der Waals surface area contributed by atoms with E-state index < -0.39 is 5.97 Å². The van der Waals surface area contributed by atoms with Crippen LogP contribution in [0, 0.1) is 0 Å². The highest BCUT2D eigenvalue weighted by Crippen LogP contribution is 2.26. The van der Waals surface area contributed by atoms with E-state index in [9.17, 15) is 9.90 Å². The zero-order valence-electron chi connectivity index (χ0n) is 17.5. The molecule has 0 atom stereocenters.